The van der Waals surface area contributed by atoms with Gasteiger partial charge in [0.2, 0.25) is 11.8 Å². The molecule has 1 fully saturated rings. The fourth-order valence-corrected chi connectivity index (χ4v) is 3.13. The van der Waals surface area contributed by atoms with Crippen molar-refractivity contribution in [1.82, 2.24) is 15.0 Å². The molecule has 3 rings (SSSR count). The van der Waals surface area contributed by atoms with Gasteiger partial charge in [0.1, 0.15) is 0 Å². The molecule has 2 heterocycles. The maximum Gasteiger partial charge on any atom is 0.231 e. The van der Waals surface area contributed by atoms with Gasteiger partial charge in [-0.15, -0.1) is 0 Å². The number of likely N-dealkylation sites (tertiary alicyclic amines) is 1. The van der Waals surface area contributed by atoms with E-state index in [0.29, 0.717) is 50.2 Å². The fourth-order valence-electron chi connectivity index (χ4n) is 3.13. The highest BCUT2D eigenvalue weighted by Crippen LogP contribution is 2.26. The van der Waals surface area contributed by atoms with Crippen LogP contribution in [-0.2, 0) is 22.6 Å². The van der Waals surface area contributed by atoms with Crippen LogP contribution in [0.1, 0.15) is 49.9 Å². The maximum atomic E-state index is 12.2. The molecule has 1 aromatic carbocycles. The highest BCUT2D eigenvalue weighted by molar-refractivity contribution is 5.76. The van der Waals surface area contributed by atoms with E-state index in [9.17, 15) is 4.79 Å². The van der Waals surface area contributed by atoms with Gasteiger partial charge in [-0.25, -0.2) is 0 Å². The largest absolute Gasteiger partial charge is 0.376 e. The van der Waals surface area contributed by atoms with Crippen LogP contribution in [0.25, 0.3) is 0 Å². The third-order valence-electron chi connectivity index (χ3n) is 4.54. The van der Waals surface area contributed by atoms with E-state index in [2.05, 4.69) is 24.0 Å². The first-order valence-corrected chi connectivity index (χ1v) is 9.33. The SMILES string of the molecule is CC(C)CC(=O)N1CCC(c2nc(CCOCc3ccccc3)no2)C1. The van der Waals surface area contributed by atoms with E-state index in [1.54, 1.807) is 0 Å². The minimum absolute atomic E-state index is 0.151. The van der Waals surface area contributed by atoms with Crippen LogP contribution in [0.2, 0.25) is 0 Å². The normalized spacial score (nSPS) is 17.2. The standard InChI is InChI=1S/C20H27N3O3/c1-15(2)12-19(24)23-10-8-17(13-23)20-21-18(22-26-20)9-11-25-14-16-6-4-3-5-7-16/h3-7,15,17H,8-14H2,1-2H3. The molecule has 1 aromatic heterocycles. The van der Waals surface area contributed by atoms with Crippen molar-refractivity contribution in [3.8, 4) is 0 Å². The van der Waals surface area contributed by atoms with Crippen molar-refractivity contribution in [2.45, 2.75) is 45.6 Å². The average molecular weight is 357 g/mol. The summed E-state index contributed by atoms with van der Waals surface area (Å²) in [5.41, 5.74) is 1.15. The zero-order valence-electron chi connectivity index (χ0n) is 15.6. The number of amides is 1. The van der Waals surface area contributed by atoms with Crippen LogP contribution in [0, 0.1) is 5.92 Å². The second-order valence-electron chi connectivity index (χ2n) is 7.26. The van der Waals surface area contributed by atoms with Crippen LogP contribution in [0.5, 0.6) is 0 Å². The molecular formula is C20H27N3O3. The van der Waals surface area contributed by atoms with Crippen LogP contribution in [0.15, 0.2) is 34.9 Å². The van der Waals surface area contributed by atoms with E-state index in [0.717, 1.165) is 18.5 Å². The van der Waals surface area contributed by atoms with E-state index in [1.807, 2.05) is 35.2 Å². The van der Waals surface area contributed by atoms with Gasteiger partial charge in [0.05, 0.1) is 19.1 Å². The molecule has 2 aromatic rings. The molecular weight excluding hydrogens is 330 g/mol. The Labute approximate surface area is 154 Å². The number of hydrogen-bond acceptors (Lipinski definition) is 5. The van der Waals surface area contributed by atoms with E-state index < -0.39 is 0 Å². The number of rotatable bonds is 8. The Hall–Kier alpha value is -2.21. The van der Waals surface area contributed by atoms with Crippen molar-refractivity contribution in [3.05, 3.63) is 47.6 Å². The van der Waals surface area contributed by atoms with Crippen molar-refractivity contribution >= 4 is 5.91 Å². The van der Waals surface area contributed by atoms with Gasteiger partial charge in [0, 0.05) is 25.9 Å². The van der Waals surface area contributed by atoms with Crippen LogP contribution in [-0.4, -0.2) is 40.6 Å². The molecule has 1 amide bonds. The summed E-state index contributed by atoms with van der Waals surface area (Å²) in [6, 6.07) is 10.1. The number of benzene rings is 1. The molecule has 6 nitrogen and oxygen atoms in total. The van der Waals surface area contributed by atoms with Gasteiger partial charge in [-0.3, -0.25) is 4.79 Å². The second kappa shape index (κ2) is 8.94. The minimum atomic E-state index is 0.151. The topological polar surface area (TPSA) is 68.5 Å². The predicted octanol–water partition coefficient (Wildman–Crippen LogP) is 3.19. The lowest BCUT2D eigenvalue weighted by atomic mass is 10.1. The smallest absolute Gasteiger partial charge is 0.231 e. The summed E-state index contributed by atoms with van der Waals surface area (Å²) in [7, 11) is 0. The fraction of sp³-hybridized carbons (Fsp3) is 0.550. The monoisotopic (exact) mass is 357 g/mol. The first-order valence-electron chi connectivity index (χ1n) is 9.33. The van der Waals surface area contributed by atoms with E-state index in [-0.39, 0.29) is 11.8 Å². The number of aromatic nitrogens is 2. The first kappa shape index (κ1) is 18.6. The van der Waals surface area contributed by atoms with Gasteiger partial charge < -0.3 is 14.2 Å². The molecule has 0 saturated carbocycles. The third kappa shape index (κ3) is 5.14. The number of carbonyl (C=O) groups excluding carboxylic acids is 1. The van der Waals surface area contributed by atoms with Gasteiger partial charge in [-0.05, 0) is 17.9 Å². The van der Waals surface area contributed by atoms with Crippen LogP contribution < -0.4 is 0 Å². The summed E-state index contributed by atoms with van der Waals surface area (Å²) in [5, 5.41) is 4.05. The molecule has 26 heavy (non-hydrogen) atoms. The molecule has 1 aliphatic heterocycles. The predicted molar refractivity (Wildman–Crippen MR) is 97.5 cm³/mol. The van der Waals surface area contributed by atoms with E-state index in [1.165, 1.54) is 0 Å². The molecule has 0 N–H and O–H groups in total. The average Bonchev–Trinajstić information content (AvgIpc) is 3.28. The summed E-state index contributed by atoms with van der Waals surface area (Å²) in [5.74, 6) is 2.06. The molecule has 140 valence electrons. The molecule has 6 heteroatoms. The van der Waals surface area contributed by atoms with Gasteiger partial charge in [0.25, 0.3) is 0 Å². The van der Waals surface area contributed by atoms with Crippen molar-refractivity contribution < 1.29 is 14.1 Å². The molecule has 0 radical (unpaired) electrons. The Balaban J connectivity index is 1.42. The summed E-state index contributed by atoms with van der Waals surface area (Å²) < 4.78 is 11.1. The number of hydrogen-bond donors (Lipinski definition) is 0. The molecule has 0 bridgehead atoms. The molecule has 0 spiro atoms. The lowest BCUT2D eigenvalue weighted by molar-refractivity contribution is -0.130. The minimum Gasteiger partial charge on any atom is -0.376 e. The third-order valence-corrected chi connectivity index (χ3v) is 4.54. The van der Waals surface area contributed by atoms with Gasteiger partial charge in [0.15, 0.2) is 5.82 Å². The maximum absolute atomic E-state index is 12.2. The number of carbonyl (C=O) groups is 1. The Morgan fingerprint density at radius 2 is 2.15 bits per heavy atom. The van der Waals surface area contributed by atoms with Gasteiger partial charge >= 0.3 is 0 Å². The van der Waals surface area contributed by atoms with Gasteiger partial charge in [-0.2, -0.15) is 4.98 Å². The van der Waals surface area contributed by atoms with Crippen molar-refractivity contribution in [3.63, 3.8) is 0 Å². The summed E-state index contributed by atoms with van der Waals surface area (Å²) in [6.07, 6.45) is 2.11. The quantitative estimate of drug-likeness (QED) is 0.679. The number of nitrogens with zero attached hydrogens (tertiary/aromatic N) is 3. The molecule has 1 saturated heterocycles. The zero-order chi connectivity index (χ0) is 18.4. The molecule has 0 aliphatic carbocycles. The Kier molecular flexibility index (Phi) is 6.39. The van der Waals surface area contributed by atoms with Crippen LogP contribution >= 0.6 is 0 Å². The summed E-state index contributed by atoms with van der Waals surface area (Å²) >= 11 is 0. The van der Waals surface area contributed by atoms with Crippen molar-refractivity contribution in [2.75, 3.05) is 19.7 Å². The molecule has 1 atom stereocenters. The first-order chi connectivity index (χ1) is 12.6. The molecule has 1 aliphatic rings. The lowest BCUT2D eigenvalue weighted by Crippen LogP contribution is -2.29. The second-order valence-corrected chi connectivity index (χ2v) is 7.26. The zero-order valence-corrected chi connectivity index (χ0v) is 15.6. The Bertz CT molecular complexity index is 699. The van der Waals surface area contributed by atoms with E-state index >= 15 is 0 Å². The highest BCUT2D eigenvalue weighted by Gasteiger charge is 2.31. The van der Waals surface area contributed by atoms with E-state index in [4.69, 9.17) is 9.26 Å². The summed E-state index contributed by atoms with van der Waals surface area (Å²) in [6.45, 7) is 6.72. The Morgan fingerprint density at radius 3 is 2.92 bits per heavy atom. The molecule has 1 unspecified atom stereocenters. The number of ether oxygens (including phenoxy) is 1. The Morgan fingerprint density at radius 1 is 1.35 bits per heavy atom. The highest BCUT2D eigenvalue weighted by atomic mass is 16.5. The van der Waals surface area contributed by atoms with Crippen molar-refractivity contribution in [2.24, 2.45) is 5.92 Å². The van der Waals surface area contributed by atoms with Crippen LogP contribution in [0.4, 0.5) is 0 Å². The summed E-state index contributed by atoms with van der Waals surface area (Å²) in [4.78, 5) is 18.6. The van der Waals surface area contributed by atoms with Gasteiger partial charge in [-0.1, -0.05) is 49.3 Å². The lowest BCUT2D eigenvalue weighted by Gasteiger charge is -2.16. The van der Waals surface area contributed by atoms with Crippen LogP contribution in [0.3, 0.4) is 0 Å². The van der Waals surface area contributed by atoms with Crippen molar-refractivity contribution in [1.29, 1.82) is 0 Å².